The van der Waals surface area contributed by atoms with Gasteiger partial charge in [0.15, 0.2) is 0 Å². The van der Waals surface area contributed by atoms with E-state index in [4.69, 9.17) is 11.6 Å². The normalized spacial score (nSPS) is 19.2. The molecule has 100 valence electrons. The molecule has 1 aromatic carbocycles. The molecule has 1 atom stereocenters. The lowest BCUT2D eigenvalue weighted by molar-refractivity contribution is 0.547. The molecule has 0 aliphatic heterocycles. The maximum absolute atomic E-state index is 11.8. The van der Waals surface area contributed by atoms with Gasteiger partial charge in [-0.05, 0) is 43.4 Å². The number of benzene rings is 1. The molecule has 0 fully saturated rings. The van der Waals surface area contributed by atoms with Crippen LogP contribution in [0.5, 0.6) is 0 Å². The van der Waals surface area contributed by atoms with Crippen molar-refractivity contribution in [1.29, 1.82) is 0 Å². The maximum atomic E-state index is 11.8. The number of nitrogens with one attached hydrogen (secondary N) is 1. The van der Waals surface area contributed by atoms with Crippen LogP contribution >= 0.6 is 11.6 Å². The largest absolute Gasteiger partial charge is 0.214 e. The van der Waals surface area contributed by atoms with Crippen LogP contribution in [0.25, 0.3) is 0 Å². The van der Waals surface area contributed by atoms with Gasteiger partial charge in [-0.2, -0.15) is 0 Å². The van der Waals surface area contributed by atoms with Crippen LogP contribution in [-0.4, -0.2) is 19.7 Å². The summed E-state index contributed by atoms with van der Waals surface area (Å²) in [6.45, 7) is 3.38. The van der Waals surface area contributed by atoms with Crippen molar-refractivity contribution in [2.75, 3.05) is 0 Å². The van der Waals surface area contributed by atoms with E-state index in [0.29, 0.717) is 5.88 Å². The van der Waals surface area contributed by atoms with E-state index >= 15 is 0 Å². The van der Waals surface area contributed by atoms with Crippen LogP contribution in [0.1, 0.15) is 30.5 Å². The molecule has 3 nitrogen and oxygen atoms in total. The van der Waals surface area contributed by atoms with E-state index in [1.165, 1.54) is 11.1 Å². The molecule has 0 radical (unpaired) electrons. The van der Waals surface area contributed by atoms with Gasteiger partial charge in [0.05, 0.1) is 5.25 Å². The molecule has 1 N–H and O–H groups in total. The third-order valence-electron chi connectivity index (χ3n) is 3.31. The lowest BCUT2D eigenvalue weighted by Crippen LogP contribution is -2.39. The summed E-state index contributed by atoms with van der Waals surface area (Å²) in [4.78, 5) is 0. The minimum atomic E-state index is -3.19. The van der Waals surface area contributed by atoms with Gasteiger partial charge in [-0.25, -0.2) is 13.1 Å². The fourth-order valence-corrected chi connectivity index (χ4v) is 3.28. The van der Waals surface area contributed by atoms with Gasteiger partial charge in [-0.15, -0.1) is 11.6 Å². The number of hydrogen-bond acceptors (Lipinski definition) is 2. The Hall–Kier alpha value is -0.580. The Kier molecular flexibility index (Phi) is 3.99. The van der Waals surface area contributed by atoms with Crippen LogP contribution in [0.4, 0.5) is 0 Å². The summed E-state index contributed by atoms with van der Waals surface area (Å²) >= 11 is 5.80. The molecule has 0 heterocycles. The van der Waals surface area contributed by atoms with Gasteiger partial charge >= 0.3 is 0 Å². The van der Waals surface area contributed by atoms with E-state index in [-0.39, 0.29) is 11.3 Å². The summed E-state index contributed by atoms with van der Waals surface area (Å²) in [5.41, 5.74) is 3.52. The smallest absolute Gasteiger partial charge is 0.212 e. The Morgan fingerprint density at radius 2 is 2.00 bits per heavy atom. The fourth-order valence-electron chi connectivity index (χ4n) is 2.21. The average Bonchev–Trinajstić information content (AvgIpc) is 2.68. The van der Waals surface area contributed by atoms with E-state index < -0.39 is 10.0 Å². The van der Waals surface area contributed by atoms with Gasteiger partial charge in [0.25, 0.3) is 0 Å². The molecule has 0 amide bonds. The number of sulfonamides is 1. The van der Waals surface area contributed by atoms with Gasteiger partial charge in [-0.1, -0.05) is 18.2 Å². The molecule has 0 spiro atoms. The van der Waals surface area contributed by atoms with Crippen molar-refractivity contribution < 1.29 is 8.42 Å². The number of fused-ring (bicyclic) bond motifs is 1. The second-order valence-corrected chi connectivity index (χ2v) is 7.59. The van der Waals surface area contributed by atoms with Gasteiger partial charge in [-0.3, -0.25) is 0 Å². The molecule has 5 heteroatoms. The Balaban J connectivity index is 2.11. The number of rotatable bonds is 4. The van der Waals surface area contributed by atoms with Crippen LogP contribution in [-0.2, 0) is 28.7 Å². The van der Waals surface area contributed by atoms with Crippen molar-refractivity contribution in [1.82, 2.24) is 4.72 Å². The third kappa shape index (κ3) is 2.87. The van der Waals surface area contributed by atoms with Gasteiger partial charge < -0.3 is 0 Å². The first kappa shape index (κ1) is 13.8. The zero-order chi connectivity index (χ0) is 13.3. The standard InChI is InChI=1S/C13H18ClNO2S/c1-9(2)18(16,17)15-13-6-11-4-3-10(8-14)5-12(11)7-13/h3-5,9,13,15H,6-8H2,1-2H3. The molecule has 1 aliphatic carbocycles. The van der Waals surface area contributed by atoms with E-state index in [1.807, 2.05) is 6.07 Å². The van der Waals surface area contributed by atoms with Gasteiger partial charge in [0.2, 0.25) is 10.0 Å². The van der Waals surface area contributed by atoms with Crippen LogP contribution in [0.2, 0.25) is 0 Å². The highest BCUT2D eigenvalue weighted by molar-refractivity contribution is 7.90. The second-order valence-electron chi connectivity index (χ2n) is 5.05. The van der Waals surface area contributed by atoms with Crippen LogP contribution in [0, 0.1) is 0 Å². The summed E-state index contributed by atoms with van der Waals surface area (Å²) in [5.74, 6) is 0.496. The Morgan fingerprint density at radius 3 is 2.61 bits per heavy atom. The van der Waals surface area contributed by atoms with Crippen molar-refractivity contribution in [3.05, 3.63) is 34.9 Å². The average molecular weight is 288 g/mol. The van der Waals surface area contributed by atoms with Crippen molar-refractivity contribution >= 4 is 21.6 Å². The fraction of sp³-hybridized carbons (Fsp3) is 0.538. The molecule has 2 rings (SSSR count). The van der Waals surface area contributed by atoms with Crippen molar-refractivity contribution in [2.24, 2.45) is 0 Å². The molecule has 0 aromatic heterocycles. The zero-order valence-electron chi connectivity index (χ0n) is 10.6. The first-order chi connectivity index (χ1) is 8.42. The van der Waals surface area contributed by atoms with Crippen molar-refractivity contribution in [3.63, 3.8) is 0 Å². The van der Waals surface area contributed by atoms with E-state index in [2.05, 4.69) is 16.9 Å². The van der Waals surface area contributed by atoms with Gasteiger partial charge in [0, 0.05) is 11.9 Å². The molecule has 1 aliphatic rings. The second kappa shape index (κ2) is 5.19. The first-order valence-corrected chi connectivity index (χ1v) is 8.18. The number of halogens is 1. The number of alkyl halides is 1. The van der Waals surface area contributed by atoms with Crippen molar-refractivity contribution in [2.45, 2.75) is 43.9 Å². The SMILES string of the molecule is CC(C)S(=O)(=O)NC1Cc2ccc(CCl)cc2C1. The highest BCUT2D eigenvalue weighted by Gasteiger charge is 2.27. The molecule has 1 aromatic rings. The Labute approximate surface area is 114 Å². The van der Waals surface area contributed by atoms with E-state index in [1.54, 1.807) is 13.8 Å². The molecule has 0 saturated carbocycles. The summed E-state index contributed by atoms with van der Waals surface area (Å²) in [5, 5.41) is -0.389. The van der Waals surface area contributed by atoms with Gasteiger partial charge in [0.1, 0.15) is 0 Å². The molecule has 18 heavy (non-hydrogen) atoms. The molecule has 0 bridgehead atoms. The molecule has 0 saturated heterocycles. The van der Waals surface area contributed by atoms with Crippen LogP contribution in [0.15, 0.2) is 18.2 Å². The topological polar surface area (TPSA) is 46.2 Å². The van der Waals surface area contributed by atoms with E-state index in [9.17, 15) is 8.42 Å². The summed E-state index contributed by atoms with van der Waals surface area (Å²) in [6.07, 6.45) is 1.52. The quantitative estimate of drug-likeness (QED) is 0.863. The first-order valence-electron chi connectivity index (χ1n) is 6.10. The Bertz CT molecular complexity index is 540. The summed E-state index contributed by atoms with van der Waals surface area (Å²) in [7, 11) is -3.19. The van der Waals surface area contributed by atoms with Crippen LogP contribution in [0.3, 0.4) is 0 Å². The minimum Gasteiger partial charge on any atom is -0.212 e. The monoisotopic (exact) mass is 287 g/mol. The highest BCUT2D eigenvalue weighted by Crippen LogP contribution is 2.24. The predicted octanol–water partition coefficient (Wildman–Crippen LogP) is 2.22. The minimum absolute atomic E-state index is 0.0158. The van der Waals surface area contributed by atoms with Crippen LogP contribution < -0.4 is 4.72 Å². The molecular formula is C13H18ClNO2S. The lowest BCUT2D eigenvalue weighted by Gasteiger charge is -2.14. The molecule has 1 unspecified atom stereocenters. The molecular weight excluding hydrogens is 270 g/mol. The predicted molar refractivity (Wildman–Crippen MR) is 74.4 cm³/mol. The number of hydrogen-bond donors (Lipinski definition) is 1. The Morgan fingerprint density at radius 1 is 1.33 bits per heavy atom. The van der Waals surface area contributed by atoms with E-state index in [0.717, 1.165) is 18.4 Å². The zero-order valence-corrected chi connectivity index (χ0v) is 12.2. The third-order valence-corrected chi connectivity index (χ3v) is 5.52. The summed E-state index contributed by atoms with van der Waals surface area (Å²) in [6, 6.07) is 6.12. The lowest BCUT2D eigenvalue weighted by atomic mass is 10.1. The highest BCUT2D eigenvalue weighted by atomic mass is 35.5. The summed E-state index contributed by atoms with van der Waals surface area (Å²) < 4.78 is 26.4. The van der Waals surface area contributed by atoms with Crippen molar-refractivity contribution in [3.8, 4) is 0 Å². The maximum Gasteiger partial charge on any atom is 0.214 e.